The van der Waals surface area contributed by atoms with Gasteiger partial charge < -0.3 is 15.0 Å². The average molecular weight is 302 g/mol. The van der Waals surface area contributed by atoms with Gasteiger partial charge in [0, 0.05) is 16.9 Å². The molecule has 0 aliphatic rings. The highest BCUT2D eigenvalue weighted by atomic mass is 16.5. The summed E-state index contributed by atoms with van der Waals surface area (Å²) in [5.41, 5.74) is 1.55. The van der Waals surface area contributed by atoms with Crippen molar-refractivity contribution in [1.29, 1.82) is 0 Å². The Morgan fingerprint density at radius 3 is 2.82 bits per heavy atom. The Hall–Kier alpha value is -1.97. The van der Waals surface area contributed by atoms with Gasteiger partial charge in [-0.05, 0) is 37.6 Å². The number of hydrogen-bond acceptors (Lipinski definition) is 2. The van der Waals surface area contributed by atoms with Crippen molar-refractivity contribution in [3.63, 3.8) is 0 Å². The SMILES string of the molecule is CCCCCC[C@H](C)NC(=O)c1cc2cc(OC)ccc2[nH]1. The summed E-state index contributed by atoms with van der Waals surface area (Å²) in [6.45, 7) is 4.27. The predicted octanol–water partition coefficient (Wildman–Crippen LogP) is 4.27. The molecule has 0 saturated carbocycles. The zero-order valence-electron chi connectivity index (χ0n) is 13.7. The number of methoxy groups -OCH3 is 1. The first kappa shape index (κ1) is 16.4. The fourth-order valence-electron chi connectivity index (χ4n) is 2.61. The minimum absolute atomic E-state index is 0.0434. The van der Waals surface area contributed by atoms with Crippen molar-refractivity contribution in [2.24, 2.45) is 0 Å². The largest absolute Gasteiger partial charge is 0.497 e. The van der Waals surface area contributed by atoms with Crippen molar-refractivity contribution in [3.05, 3.63) is 30.0 Å². The molecule has 0 bridgehead atoms. The molecule has 1 aromatic carbocycles. The third-order valence-corrected chi connectivity index (χ3v) is 3.94. The van der Waals surface area contributed by atoms with Crippen molar-refractivity contribution in [3.8, 4) is 5.75 Å². The minimum Gasteiger partial charge on any atom is -0.497 e. The zero-order valence-corrected chi connectivity index (χ0v) is 13.7. The standard InChI is InChI=1S/C18H26N2O2/c1-4-5-6-7-8-13(2)19-18(21)17-12-14-11-15(22-3)9-10-16(14)20-17/h9-13,20H,4-8H2,1-3H3,(H,19,21)/t13-/m0/s1. The molecule has 2 aromatic rings. The van der Waals surface area contributed by atoms with E-state index in [9.17, 15) is 4.79 Å². The molecule has 0 aliphatic carbocycles. The smallest absolute Gasteiger partial charge is 0.267 e. The van der Waals surface area contributed by atoms with E-state index in [2.05, 4.69) is 24.1 Å². The van der Waals surface area contributed by atoms with Gasteiger partial charge in [-0.3, -0.25) is 4.79 Å². The van der Waals surface area contributed by atoms with Crippen molar-refractivity contribution in [2.45, 2.75) is 52.0 Å². The van der Waals surface area contributed by atoms with Crippen LogP contribution in [-0.2, 0) is 0 Å². The second-order valence-corrected chi connectivity index (χ2v) is 5.86. The highest BCUT2D eigenvalue weighted by molar-refractivity contribution is 5.98. The first-order chi connectivity index (χ1) is 10.6. The fourth-order valence-corrected chi connectivity index (χ4v) is 2.61. The van der Waals surface area contributed by atoms with E-state index in [1.54, 1.807) is 7.11 Å². The van der Waals surface area contributed by atoms with E-state index in [1.165, 1.54) is 25.7 Å². The summed E-state index contributed by atoms with van der Waals surface area (Å²) in [6.07, 6.45) is 5.94. The van der Waals surface area contributed by atoms with Crippen LogP contribution < -0.4 is 10.1 Å². The molecule has 2 N–H and O–H groups in total. The van der Waals surface area contributed by atoms with Gasteiger partial charge in [0.15, 0.2) is 0 Å². The third-order valence-electron chi connectivity index (χ3n) is 3.94. The Balaban J connectivity index is 1.94. The van der Waals surface area contributed by atoms with Gasteiger partial charge in [0.25, 0.3) is 5.91 Å². The zero-order chi connectivity index (χ0) is 15.9. The number of hydrogen-bond donors (Lipinski definition) is 2. The van der Waals surface area contributed by atoms with Gasteiger partial charge in [-0.2, -0.15) is 0 Å². The maximum Gasteiger partial charge on any atom is 0.267 e. The van der Waals surface area contributed by atoms with E-state index < -0.39 is 0 Å². The minimum atomic E-state index is -0.0434. The topological polar surface area (TPSA) is 54.1 Å². The number of nitrogens with one attached hydrogen (secondary N) is 2. The second-order valence-electron chi connectivity index (χ2n) is 5.86. The predicted molar refractivity (Wildman–Crippen MR) is 90.5 cm³/mol. The summed E-state index contributed by atoms with van der Waals surface area (Å²) in [6, 6.07) is 7.81. The molecule has 1 aromatic heterocycles. The van der Waals surface area contributed by atoms with Crippen LogP contribution in [0.3, 0.4) is 0 Å². The Morgan fingerprint density at radius 1 is 1.27 bits per heavy atom. The molecule has 2 rings (SSSR count). The lowest BCUT2D eigenvalue weighted by Crippen LogP contribution is -2.32. The molecule has 0 spiro atoms. The number of aromatic nitrogens is 1. The van der Waals surface area contributed by atoms with E-state index in [0.29, 0.717) is 5.69 Å². The quantitative estimate of drug-likeness (QED) is 0.716. The molecule has 0 fully saturated rings. The van der Waals surface area contributed by atoms with E-state index in [1.807, 2.05) is 24.3 Å². The molecular formula is C18H26N2O2. The van der Waals surface area contributed by atoms with Crippen LogP contribution in [-0.4, -0.2) is 24.0 Å². The lowest BCUT2D eigenvalue weighted by atomic mass is 10.1. The first-order valence-electron chi connectivity index (χ1n) is 8.11. The molecule has 1 amide bonds. The molecule has 22 heavy (non-hydrogen) atoms. The molecule has 0 aliphatic heterocycles. The number of amides is 1. The average Bonchev–Trinajstić information content (AvgIpc) is 2.94. The molecule has 0 unspecified atom stereocenters. The van der Waals surface area contributed by atoms with Gasteiger partial charge in [0.1, 0.15) is 11.4 Å². The second kappa shape index (κ2) is 7.87. The molecule has 4 heteroatoms. The van der Waals surface area contributed by atoms with Gasteiger partial charge in [-0.15, -0.1) is 0 Å². The molecule has 120 valence electrons. The monoisotopic (exact) mass is 302 g/mol. The summed E-state index contributed by atoms with van der Waals surface area (Å²) in [4.78, 5) is 15.5. The number of fused-ring (bicyclic) bond motifs is 1. The number of carbonyl (C=O) groups is 1. The van der Waals surface area contributed by atoms with Crippen LogP contribution in [0.1, 0.15) is 56.4 Å². The number of H-pyrrole nitrogens is 1. The highest BCUT2D eigenvalue weighted by Crippen LogP contribution is 2.21. The first-order valence-corrected chi connectivity index (χ1v) is 8.11. The van der Waals surface area contributed by atoms with Crippen LogP contribution in [0.5, 0.6) is 5.75 Å². The summed E-state index contributed by atoms with van der Waals surface area (Å²) in [5.74, 6) is 0.751. The number of ether oxygens (including phenoxy) is 1. The lowest BCUT2D eigenvalue weighted by Gasteiger charge is -2.12. The van der Waals surface area contributed by atoms with Crippen molar-refractivity contribution in [2.75, 3.05) is 7.11 Å². The third kappa shape index (κ3) is 4.26. The van der Waals surface area contributed by atoms with E-state index in [4.69, 9.17) is 4.74 Å². The Labute approximate surface area is 132 Å². The Bertz CT molecular complexity index is 619. The Kier molecular flexibility index (Phi) is 5.87. The van der Waals surface area contributed by atoms with E-state index >= 15 is 0 Å². The van der Waals surface area contributed by atoms with Crippen LogP contribution in [0.15, 0.2) is 24.3 Å². The van der Waals surface area contributed by atoms with Crippen molar-refractivity contribution >= 4 is 16.8 Å². The van der Waals surface area contributed by atoms with Crippen LogP contribution >= 0.6 is 0 Å². The van der Waals surface area contributed by atoms with E-state index in [0.717, 1.165) is 23.1 Å². The molecule has 1 atom stereocenters. The van der Waals surface area contributed by atoms with Gasteiger partial charge >= 0.3 is 0 Å². The van der Waals surface area contributed by atoms with Gasteiger partial charge in [0.05, 0.1) is 7.11 Å². The number of unbranched alkanes of at least 4 members (excludes halogenated alkanes) is 3. The lowest BCUT2D eigenvalue weighted by molar-refractivity contribution is 0.0933. The van der Waals surface area contributed by atoms with Crippen LogP contribution in [0, 0.1) is 0 Å². The molecule has 0 radical (unpaired) electrons. The number of carbonyl (C=O) groups excluding carboxylic acids is 1. The summed E-state index contributed by atoms with van der Waals surface area (Å²) in [5, 5.41) is 4.05. The number of benzene rings is 1. The summed E-state index contributed by atoms with van der Waals surface area (Å²) < 4.78 is 5.21. The Morgan fingerprint density at radius 2 is 2.09 bits per heavy atom. The van der Waals surface area contributed by atoms with Gasteiger partial charge in [-0.1, -0.05) is 32.6 Å². The van der Waals surface area contributed by atoms with Crippen LogP contribution in [0.2, 0.25) is 0 Å². The maximum atomic E-state index is 12.3. The fraction of sp³-hybridized carbons (Fsp3) is 0.500. The normalized spacial score (nSPS) is 12.3. The molecule has 0 saturated heterocycles. The van der Waals surface area contributed by atoms with Crippen LogP contribution in [0.25, 0.3) is 10.9 Å². The number of rotatable bonds is 8. The summed E-state index contributed by atoms with van der Waals surface area (Å²) >= 11 is 0. The highest BCUT2D eigenvalue weighted by Gasteiger charge is 2.12. The number of aromatic amines is 1. The summed E-state index contributed by atoms with van der Waals surface area (Å²) in [7, 11) is 1.64. The maximum absolute atomic E-state index is 12.3. The molecule has 4 nitrogen and oxygen atoms in total. The van der Waals surface area contributed by atoms with Gasteiger partial charge in [-0.25, -0.2) is 0 Å². The van der Waals surface area contributed by atoms with E-state index in [-0.39, 0.29) is 11.9 Å². The van der Waals surface area contributed by atoms with Crippen LogP contribution in [0.4, 0.5) is 0 Å². The van der Waals surface area contributed by atoms with Crippen molar-refractivity contribution in [1.82, 2.24) is 10.3 Å². The molecular weight excluding hydrogens is 276 g/mol. The molecule has 1 heterocycles. The van der Waals surface area contributed by atoms with Crippen molar-refractivity contribution < 1.29 is 9.53 Å². The van der Waals surface area contributed by atoms with Gasteiger partial charge in [0.2, 0.25) is 0 Å².